The Bertz CT molecular complexity index is 155. The maximum atomic E-state index is 9.38. The van der Waals surface area contributed by atoms with Gasteiger partial charge in [0, 0.05) is 6.61 Å². The summed E-state index contributed by atoms with van der Waals surface area (Å²) >= 11 is 0. The Hall–Kier alpha value is -0.300. The highest BCUT2D eigenvalue weighted by Crippen LogP contribution is 2.42. The zero-order valence-corrected chi connectivity index (χ0v) is 8.76. The molecule has 1 heteroatoms. The fraction of sp³-hybridized carbons (Fsp3) is 0.833. The lowest BCUT2D eigenvalue weighted by molar-refractivity contribution is 0.0659. The van der Waals surface area contributed by atoms with Gasteiger partial charge in [-0.15, -0.1) is 6.58 Å². The summed E-state index contributed by atoms with van der Waals surface area (Å²) in [7, 11) is 0. The molecule has 0 amide bonds. The van der Waals surface area contributed by atoms with Crippen LogP contribution in [-0.4, -0.2) is 11.7 Å². The van der Waals surface area contributed by atoms with E-state index in [0.717, 1.165) is 12.3 Å². The van der Waals surface area contributed by atoms with Gasteiger partial charge < -0.3 is 5.11 Å². The highest BCUT2D eigenvalue weighted by Gasteiger charge is 2.32. The zero-order valence-electron chi connectivity index (χ0n) is 8.76. The fourth-order valence-electron chi connectivity index (χ4n) is 2.43. The summed E-state index contributed by atoms with van der Waals surface area (Å²) < 4.78 is 0. The van der Waals surface area contributed by atoms with Crippen LogP contribution in [-0.2, 0) is 0 Å². The second kappa shape index (κ2) is 4.80. The van der Waals surface area contributed by atoms with E-state index in [1.807, 2.05) is 6.08 Å². The average molecular weight is 182 g/mol. The minimum atomic E-state index is 0.188. The van der Waals surface area contributed by atoms with Crippen molar-refractivity contribution in [2.24, 2.45) is 11.3 Å². The van der Waals surface area contributed by atoms with Gasteiger partial charge in [0.2, 0.25) is 0 Å². The molecule has 1 nitrogen and oxygen atoms in total. The largest absolute Gasteiger partial charge is 0.396 e. The average Bonchev–Trinajstić information content (AvgIpc) is 2.19. The van der Waals surface area contributed by atoms with Gasteiger partial charge in [0.05, 0.1) is 0 Å². The normalized spacial score (nSPS) is 34.5. The minimum Gasteiger partial charge on any atom is -0.396 e. The number of rotatable bonds is 4. The predicted octanol–water partition coefficient (Wildman–Crippen LogP) is 3.14. The van der Waals surface area contributed by atoms with E-state index in [-0.39, 0.29) is 5.41 Å². The van der Waals surface area contributed by atoms with Crippen LogP contribution in [0.25, 0.3) is 0 Å². The van der Waals surface area contributed by atoms with Crippen molar-refractivity contribution in [2.45, 2.75) is 45.4 Å². The standard InChI is InChI=1S/C12H22O/c1-3-7-12(10-13)8-5-11(4-2)6-9-12/h3,11,13H,1,4-10H2,2H3. The first-order valence-corrected chi connectivity index (χ1v) is 5.48. The molecule has 1 saturated carbocycles. The van der Waals surface area contributed by atoms with Gasteiger partial charge in [-0.25, -0.2) is 0 Å². The first kappa shape index (κ1) is 10.8. The Morgan fingerprint density at radius 1 is 1.46 bits per heavy atom. The molecule has 0 heterocycles. The molecular weight excluding hydrogens is 160 g/mol. The van der Waals surface area contributed by atoms with Crippen molar-refractivity contribution in [3.63, 3.8) is 0 Å². The molecule has 0 aromatic heterocycles. The lowest BCUT2D eigenvalue weighted by Gasteiger charge is -2.38. The molecule has 1 aliphatic carbocycles. The Morgan fingerprint density at radius 2 is 2.08 bits per heavy atom. The molecule has 0 aromatic rings. The summed E-state index contributed by atoms with van der Waals surface area (Å²) in [6.07, 6.45) is 9.22. The van der Waals surface area contributed by atoms with Gasteiger partial charge >= 0.3 is 0 Å². The number of aliphatic hydroxyl groups excluding tert-OH is 1. The molecule has 0 unspecified atom stereocenters. The van der Waals surface area contributed by atoms with Crippen molar-refractivity contribution < 1.29 is 5.11 Å². The lowest BCUT2D eigenvalue weighted by Crippen LogP contribution is -2.30. The molecule has 1 rings (SSSR count). The summed E-state index contributed by atoms with van der Waals surface area (Å²) in [5.74, 6) is 0.907. The summed E-state index contributed by atoms with van der Waals surface area (Å²) in [6.45, 7) is 6.39. The van der Waals surface area contributed by atoms with E-state index in [1.165, 1.54) is 32.1 Å². The molecular formula is C12H22O. The van der Waals surface area contributed by atoms with Gasteiger partial charge in [-0.3, -0.25) is 0 Å². The predicted molar refractivity (Wildman–Crippen MR) is 56.6 cm³/mol. The topological polar surface area (TPSA) is 20.2 Å². The Kier molecular flexibility index (Phi) is 3.98. The molecule has 0 atom stereocenters. The molecule has 76 valence electrons. The quantitative estimate of drug-likeness (QED) is 0.662. The van der Waals surface area contributed by atoms with Gasteiger partial charge in [0.15, 0.2) is 0 Å². The van der Waals surface area contributed by atoms with E-state index in [4.69, 9.17) is 0 Å². The Labute approximate surface area is 81.9 Å². The fourth-order valence-corrected chi connectivity index (χ4v) is 2.43. The molecule has 0 aromatic carbocycles. The van der Waals surface area contributed by atoms with Crippen LogP contribution in [0.4, 0.5) is 0 Å². The van der Waals surface area contributed by atoms with Crippen LogP contribution >= 0.6 is 0 Å². The molecule has 0 aliphatic heterocycles. The first-order valence-electron chi connectivity index (χ1n) is 5.48. The van der Waals surface area contributed by atoms with Crippen LogP contribution < -0.4 is 0 Å². The molecule has 0 saturated heterocycles. The van der Waals surface area contributed by atoms with Crippen LogP contribution in [0, 0.1) is 11.3 Å². The van der Waals surface area contributed by atoms with Gasteiger partial charge in [-0.1, -0.05) is 19.4 Å². The highest BCUT2D eigenvalue weighted by molar-refractivity contribution is 4.90. The van der Waals surface area contributed by atoms with Gasteiger partial charge in [-0.2, -0.15) is 0 Å². The third-order valence-electron chi connectivity index (χ3n) is 3.66. The maximum absolute atomic E-state index is 9.38. The second-order valence-corrected chi connectivity index (χ2v) is 4.50. The summed E-state index contributed by atoms with van der Waals surface area (Å²) in [4.78, 5) is 0. The summed E-state index contributed by atoms with van der Waals surface area (Å²) in [6, 6.07) is 0. The number of hydrogen-bond acceptors (Lipinski definition) is 1. The van der Waals surface area contributed by atoms with Gasteiger partial charge in [0.1, 0.15) is 0 Å². The summed E-state index contributed by atoms with van der Waals surface area (Å²) in [5, 5.41) is 9.38. The lowest BCUT2D eigenvalue weighted by atomic mass is 9.68. The molecule has 1 aliphatic rings. The van der Waals surface area contributed by atoms with E-state index in [2.05, 4.69) is 13.5 Å². The maximum Gasteiger partial charge on any atom is 0.0490 e. The van der Waals surface area contributed by atoms with E-state index < -0.39 is 0 Å². The smallest absolute Gasteiger partial charge is 0.0490 e. The second-order valence-electron chi connectivity index (χ2n) is 4.50. The molecule has 0 radical (unpaired) electrons. The molecule has 0 bridgehead atoms. The molecule has 0 spiro atoms. The zero-order chi connectivity index (χ0) is 9.73. The van der Waals surface area contributed by atoms with Gasteiger partial charge in [0.25, 0.3) is 0 Å². The van der Waals surface area contributed by atoms with E-state index >= 15 is 0 Å². The van der Waals surface area contributed by atoms with E-state index in [1.54, 1.807) is 0 Å². The van der Waals surface area contributed by atoms with Crippen molar-refractivity contribution in [1.29, 1.82) is 0 Å². The van der Waals surface area contributed by atoms with Crippen molar-refractivity contribution in [3.05, 3.63) is 12.7 Å². The monoisotopic (exact) mass is 182 g/mol. The van der Waals surface area contributed by atoms with Crippen LogP contribution in [0.1, 0.15) is 45.4 Å². The minimum absolute atomic E-state index is 0.188. The van der Waals surface area contributed by atoms with Crippen molar-refractivity contribution >= 4 is 0 Å². The molecule has 1 N–H and O–H groups in total. The van der Waals surface area contributed by atoms with Crippen molar-refractivity contribution in [2.75, 3.05) is 6.61 Å². The van der Waals surface area contributed by atoms with E-state index in [9.17, 15) is 5.11 Å². The van der Waals surface area contributed by atoms with Crippen molar-refractivity contribution in [3.8, 4) is 0 Å². The first-order chi connectivity index (χ1) is 6.26. The Balaban J connectivity index is 2.47. The van der Waals surface area contributed by atoms with Crippen LogP contribution in [0.2, 0.25) is 0 Å². The summed E-state index contributed by atoms with van der Waals surface area (Å²) in [5.41, 5.74) is 0.188. The number of hydrogen-bond donors (Lipinski definition) is 1. The van der Waals surface area contributed by atoms with E-state index in [0.29, 0.717) is 6.61 Å². The highest BCUT2D eigenvalue weighted by atomic mass is 16.3. The van der Waals surface area contributed by atoms with Crippen LogP contribution in [0.15, 0.2) is 12.7 Å². The third-order valence-corrected chi connectivity index (χ3v) is 3.66. The number of aliphatic hydroxyl groups is 1. The number of allylic oxidation sites excluding steroid dienone is 1. The van der Waals surface area contributed by atoms with Gasteiger partial charge in [-0.05, 0) is 43.4 Å². The third kappa shape index (κ3) is 2.57. The van der Waals surface area contributed by atoms with Crippen LogP contribution in [0.5, 0.6) is 0 Å². The Morgan fingerprint density at radius 3 is 2.46 bits per heavy atom. The van der Waals surface area contributed by atoms with Crippen molar-refractivity contribution in [1.82, 2.24) is 0 Å². The van der Waals surface area contributed by atoms with Crippen LogP contribution in [0.3, 0.4) is 0 Å². The molecule has 13 heavy (non-hydrogen) atoms. The molecule has 1 fully saturated rings. The SMILES string of the molecule is C=CCC1(CO)CCC(CC)CC1.